The van der Waals surface area contributed by atoms with Crippen LogP contribution in [0.5, 0.6) is 0 Å². The molecule has 4 atom stereocenters. The zero-order valence-corrected chi connectivity index (χ0v) is 18.0. The maximum absolute atomic E-state index is 12.8. The van der Waals surface area contributed by atoms with E-state index in [1.807, 2.05) is 0 Å². The molecule has 1 unspecified atom stereocenters. The predicted molar refractivity (Wildman–Crippen MR) is 119 cm³/mol. The molecule has 0 amide bonds. The van der Waals surface area contributed by atoms with Crippen molar-refractivity contribution in [3.8, 4) is 0 Å². The second-order valence-electron chi connectivity index (χ2n) is 7.47. The lowest BCUT2D eigenvalue weighted by atomic mass is 10.1. The Balaban J connectivity index is 1.59. The fourth-order valence-electron chi connectivity index (χ4n) is 3.48. The summed E-state index contributed by atoms with van der Waals surface area (Å²) in [6.45, 7) is -0.564. The summed E-state index contributed by atoms with van der Waals surface area (Å²) in [7, 11) is 0. The summed E-state index contributed by atoms with van der Waals surface area (Å²) in [4.78, 5) is 38.1. The topological polar surface area (TPSA) is 108 Å². The molecule has 1 aliphatic rings. The lowest BCUT2D eigenvalue weighted by Crippen LogP contribution is -2.42. The molecule has 0 saturated carbocycles. The number of aliphatic hydroxyl groups is 1. The summed E-state index contributed by atoms with van der Waals surface area (Å²) < 4.78 is 22.3. The molecule has 1 saturated heterocycles. The van der Waals surface area contributed by atoms with Crippen molar-refractivity contribution < 1.29 is 38.4 Å². The van der Waals surface area contributed by atoms with Gasteiger partial charge in [-0.15, -0.1) is 0 Å². The maximum atomic E-state index is 12.8. The smallest absolute Gasteiger partial charge is 0.340 e. The molecule has 1 N–H and O–H groups in total. The molecule has 0 aromatic heterocycles. The molecule has 174 valence electrons. The van der Waals surface area contributed by atoms with E-state index < -0.39 is 49.1 Å². The van der Waals surface area contributed by atoms with Gasteiger partial charge in [-0.1, -0.05) is 54.6 Å². The van der Waals surface area contributed by atoms with E-state index in [0.717, 1.165) is 0 Å². The van der Waals surface area contributed by atoms with Crippen LogP contribution in [0.4, 0.5) is 0 Å². The van der Waals surface area contributed by atoms with Gasteiger partial charge in [-0.25, -0.2) is 14.4 Å². The average Bonchev–Trinajstić information content (AvgIpc) is 3.20. The minimum Gasteiger partial charge on any atom is -0.452 e. The summed E-state index contributed by atoms with van der Waals surface area (Å²) in [6, 6.07) is 24.6. The summed E-state index contributed by atoms with van der Waals surface area (Å²) in [5.74, 6) is -2.16. The van der Waals surface area contributed by atoms with Gasteiger partial charge in [0.25, 0.3) is 0 Å². The highest BCUT2D eigenvalue weighted by atomic mass is 16.7. The summed E-state index contributed by atoms with van der Waals surface area (Å²) in [5.41, 5.74) is 0.762. The zero-order chi connectivity index (χ0) is 23.9. The van der Waals surface area contributed by atoms with E-state index in [4.69, 9.17) is 18.9 Å². The molecule has 34 heavy (non-hydrogen) atoms. The number of benzene rings is 3. The molecule has 1 fully saturated rings. The Kier molecular flexibility index (Phi) is 7.31. The number of carbonyl (C=O) groups excluding carboxylic acids is 3. The van der Waals surface area contributed by atoms with Crippen LogP contribution in [0.3, 0.4) is 0 Å². The first-order valence-electron chi connectivity index (χ1n) is 10.6. The number of carbonyl (C=O) groups is 3. The van der Waals surface area contributed by atoms with Crippen LogP contribution >= 0.6 is 0 Å². The minimum absolute atomic E-state index is 0.247. The van der Waals surface area contributed by atoms with E-state index >= 15 is 0 Å². The number of rotatable bonds is 7. The van der Waals surface area contributed by atoms with E-state index in [1.54, 1.807) is 91.0 Å². The first-order chi connectivity index (χ1) is 16.6. The number of hydrogen-bond acceptors (Lipinski definition) is 8. The van der Waals surface area contributed by atoms with Crippen LogP contribution < -0.4 is 0 Å². The molecule has 0 radical (unpaired) electrons. The molecule has 0 aliphatic carbocycles. The molecular formula is C26H22O8. The Morgan fingerprint density at radius 3 is 1.41 bits per heavy atom. The molecule has 8 heteroatoms. The van der Waals surface area contributed by atoms with Crippen LogP contribution in [-0.2, 0) is 18.9 Å². The van der Waals surface area contributed by atoms with Gasteiger partial charge in [0.15, 0.2) is 6.10 Å². The number of aliphatic hydroxyl groups excluding tert-OH is 1. The number of ether oxygens (including phenoxy) is 4. The van der Waals surface area contributed by atoms with Gasteiger partial charge in [0.05, 0.1) is 23.3 Å². The molecule has 0 spiro atoms. The minimum atomic E-state index is -1.41. The van der Waals surface area contributed by atoms with E-state index in [-0.39, 0.29) is 16.7 Å². The van der Waals surface area contributed by atoms with Crippen molar-refractivity contribution in [3.63, 3.8) is 0 Å². The molecule has 3 aromatic carbocycles. The van der Waals surface area contributed by atoms with Gasteiger partial charge >= 0.3 is 17.9 Å². The molecule has 3 aromatic rings. The van der Waals surface area contributed by atoms with Gasteiger partial charge in [-0.3, -0.25) is 0 Å². The maximum Gasteiger partial charge on any atom is 0.340 e. The van der Waals surface area contributed by atoms with Crippen LogP contribution in [0.25, 0.3) is 0 Å². The van der Waals surface area contributed by atoms with Crippen LogP contribution in [0, 0.1) is 0 Å². The second kappa shape index (κ2) is 10.7. The summed E-state index contributed by atoms with van der Waals surface area (Å²) >= 11 is 0. The van der Waals surface area contributed by atoms with E-state index in [0.29, 0.717) is 0 Å². The Labute approximate surface area is 195 Å². The Bertz CT molecular complexity index is 1120. The Morgan fingerprint density at radius 2 is 1.00 bits per heavy atom. The third-order valence-electron chi connectivity index (χ3n) is 5.19. The highest BCUT2D eigenvalue weighted by molar-refractivity contribution is 5.91. The first kappa shape index (κ1) is 23.2. The van der Waals surface area contributed by atoms with Gasteiger partial charge in [-0.05, 0) is 36.4 Å². The largest absolute Gasteiger partial charge is 0.452 e. The average molecular weight is 462 g/mol. The number of hydrogen-bond donors (Lipinski definition) is 1. The van der Waals surface area contributed by atoms with Gasteiger partial charge in [0, 0.05) is 0 Å². The van der Waals surface area contributed by atoms with Crippen molar-refractivity contribution in [1.29, 1.82) is 0 Å². The molecule has 1 heterocycles. The first-order valence-corrected chi connectivity index (χ1v) is 10.6. The van der Waals surface area contributed by atoms with Gasteiger partial charge in [0.2, 0.25) is 12.4 Å². The Morgan fingerprint density at radius 1 is 0.618 bits per heavy atom. The van der Waals surface area contributed by atoms with E-state index in [2.05, 4.69) is 0 Å². The molecular weight excluding hydrogens is 440 g/mol. The van der Waals surface area contributed by atoms with Crippen molar-refractivity contribution in [2.24, 2.45) is 0 Å². The van der Waals surface area contributed by atoms with Crippen molar-refractivity contribution in [3.05, 3.63) is 108 Å². The van der Waals surface area contributed by atoms with Crippen LogP contribution in [0.15, 0.2) is 91.0 Å². The van der Waals surface area contributed by atoms with Gasteiger partial charge in [0.1, 0.15) is 6.10 Å². The van der Waals surface area contributed by atoms with Gasteiger partial charge < -0.3 is 24.1 Å². The molecule has 4 rings (SSSR count). The quantitative estimate of drug-likeness (QED) is 0.422. The Hall–Kier alpha value is -4.01. The van der Waals surface area contributed by atoms with Crippen LogP contribution in [0.2, 0.25) is 0 Å². The molecule has 0 bridgehead atoms. The lowest BCUT2D eigenvalue weighted by molar-refractivity contribution is -0.141. The van der Waals surface area contributed by atoms with Crippen molar-refractivity contribution in [2.75, 3.05) is 6.61 Å². The third-order valence-corrected chi connectivity index (χ3v) is 5.19. The van der Waals surface area contributed by atoms with Crippen molar-refractivity contribution in [2.45, 2.75) is 24.6 Å². The van der Waals surface area contributed by atoms with E-state index in [9.17, 15) is 19.5 Å². The highest BCUT2D eigenvalue weighted by Gasteiger charge is 2.51. The summed E-state index contributed by atoms with van der Waals surface area (Å²) in [6.07, 6.45) is -5.04. The third kappa shape index (κ3) is 5.31. The van der Waals surface area contributed by atoms with E-state index in [1.165, 1.54) is 0 Å². The lowest BCUT2D eigenvalue weighted by Gasteiger charge is -2.23. The monoisotopic (exact) mass is 462 g/mol. The van der Waals surface area contributed by atoms with Crippen molar-refractivity contribution >= 4 is 17.9 Å². The molecule has 1 aliphatic heterocycles. The van der Waals surface area contributed by atoms with Crippen LogP contribution in [-0.4, -0.2) is 54.2 Å². The fraction of sp³-hybridized carbons (Fsp3) is 0.192. The predicted octanol–water partition coefficient (Wildman–Crippen LogP) is 3.01. The second-order valence-corrected chi connectivity index (χ2v) is 7.47. The van der Waals surface area contributed by atoms with Crippen molar-refractivity contribution in [1.82, 2.24) is 0 Å². The standard InChI is InChI=1S/C26H22O8/c27-16-20-21(32-23(28)17-10-4-1-5-11-17)22(33-24(29)18-12-6-2-7-13-18)26(31-20)34-25(30)19-14-8-3-9-15-19/h1-15,20-22,26-27H,16H2/t20-,21-,22+,26?/m1/s1. The van der Waals surface area contributed by atoms with Crippen LogP contribution in [0.1, 0.15) is 31.1 Å². The highest BCUT2D eigenvalue weighted by Crippen LogP contribution is 2.30. The molecule has 8 nitrogen and oxygen atoms in total. The zero-order valence-electron chi connectivity index (χ0n) is 18.0. The normalized spacial score (nSPS) is 21.4. The summed E-state index contributed by atoms with van der Waals surface area (Å²) in [5, 5.41) is 9.86. The number of esters is 3. The fourth-order valence-corrected chi connectivity index (χ4v) is 3.48. The SMILES string of the molecule is O=C(OC1O[C@H](CO)[C@@H](OC(=O)c2ccccc2)[C@@H]1OC(=O)c1ccccc1)c1ccccc1. The van der Waals surface area contributed by atoms with Gasteiger partial charge in [-0.2, -0.15) is 0 Å².